The van der Waals surface area contributed by atoms with Crippen molar-refractivity contribution >= 4 is 0 Å². The van der Waals surface area contributed by atoms with Crippen LogP contribution in [0.15, 0.2) is 42.5 Å². The van der Waals surface area contributed by atoms with Crippen molar-refractivity contribution in [3.05, 3.63) is 59.4 Å². The maximum Gasteiger partial charge on any atom is 0.419 e. The van der Waals surface area contributed by atoms with E-state index in [-0.39, 0.29) is 5.75 Å². The minimum Gasteiger partial charge on any atom is -0.453 e. The van der Waals surface area contributed by atoms with E-state index in [1.54, 1.807) is 6.92 Å². The van der Waals surface area contributed by atoms with Crippen LogP contribution in [-0.4, -0.2) is 0 Å². The Morgan fingerprint density at radius 2 is 1.71 bits per heavy atom. The zero-order chi connectivity index (χ0) is 15.6. The highest BCUT2D eigenvalue weighted by atomic mass is 19.4. The molecule has 0 aliphatic rings. The fraction of sp³-hybridized carbons (Fsp3) is 0.200. The highest BCUT2D eigenvalue weighted by molar-refractivity contribution is 5.44. The van der Waals surface area contributed by atoms with Gasteiger partial charge in [-0.15, -0.1) is 0 Å². The molecule has 0 unspecified atom stereocenters. The highest BCUT2D eigenvalue weighted by Crippen LogP contribution is 2.39. The fourth-order valence-corrected chi connectivity index (χ4v) is 1.89. The molecule has 2 aromatic rings. The quantitative estimate of drug-likeness (QED) is 0.837. The molecule has 2 aromatic carbocycles. The lowest BCUT2D eigenvalue weighted by Gasteiger charge is -2.17. The lowest BCUT2D eigenvalue weighted by molar-refractivity contribution is -0.138. The molecule has 1 atom stereocenters. The summed E-state index contributed by atoms with van der Waals surface area (Å²) in [7, 11) is 0. The lowest BCUT2D eigenvalue weighted by atomic mass is 10.1. The second kappa shape index (κ2) is 5.73. The number of benzene rings is 2. The summed E-state index contributed by atoms with van der Waals surface area (Å²) in [5.41, 5.74) is 5.02. The van der Waals surface area contributed by atoms with Crippen molar-refractivity contribution in [1.82, 2.24) is 0 Å². The highest BCUT2D eigenvalue weighted by Gasteiger charge is 2.34. The van der Waals surface area contributed by atoms with Gasteiger partial charge in [0.2, 0.25) is 0 Å². The number of hydrogen-bond acceptors (Lipinski definition) is 2. The van der Waals surface area contributed by atoms with Gasteiger partial charge in [0.05, 0.1) is 5.56 Å². The minimum absolute atomic E-state index is 0.288. The SMILES string of the molecule is C[C@@H](N)c1cccc(F)c1Oc1ccccc1C(F)(F)F. The van der Waals surface area contributed by atoms with E-state index in [1.165, 1.54) is 24.3 Å². The second-order valence-corrected chi connectivity index (χ2v) is 4.54. The van der Waals surface area contributed by atoms with Gasteiger partial charge in [0, 0.05) is 11.6 Å². The number of alkyl halides is 3. The third-order valence-corrected chi connectivity index (χ3v) is 2.89. The maximum absolute atomic E-state index is 13.9. The molecule has 2 rings (SSSR count). The second-order valence-electron chi connectivity index (χ2n) is 4.54. The Labute approximate surface area is 119 Å². The molecule has 0 saturated carbocycles. The number of para-hydroxylation sites is 2. The van der Waals surface area contributed by atoms with Crippen LogP contribution in [0.2, 0.25) is 0 Å². The molecular formula is C15H13F4NO. The molecule has 0 aromatic heterocycles. The zero-order valence-corrected chi connectivity index (χ0v) is 11.1. The van der Waals surface area contributed by atoms with Crippen LogP contribution in [0.25, 0.3) is 0 Å². The average molecular weight is 299 g/mol. The van der Waals surface area contributed by atoms with E-state index in [0.29, 0.717) is 5.56 Å². The summed E-state index contributed by atoms with van der Waals surface area (Å²) in [6, 6.07) is 8.11. The van der Waals surface area contributed by atoms with Crippen LogP contribution in [-0.2, 0) is 6.18 Å². The summed E-state index contributed by atoms with van der Waals surface area (Å²) in [4.78, 5) is 0. The van der Waals surface area contributed by atoms with E-state index in [2.05, 4.69) is 0 Å². The van der Waals surface area contributed by atoms with Crippen molar-refractivity contribution in [1.29, 1.82) is 0 Å². The summed E-state index contributed by atoms with van der Waals surface area (Å²) >= 11 is 0. The molecule has 0 saturated heterocycles. The van der Waals surface area contributed by atoms with E-state index in [0.717, 1.165) is 18.2 Å². The molecule has 0 aliphatic carbocycles. The third-order valence-electron chi connectivity index (χ3n) is 2.89. The first-order chi connectivity index (χ1) is 9.80. The molecule has 6 heteroatoms. The molecular weight excluding hydrogens is 286 g/mol. The van der Waals surface area contributed by atoms with E-state index in [4.69, 9.17) is 10.5 Å². The Hall–Kier alpha value is -2.08. The van der Waals surface area contributed by atoms with Crippen molar-refractivity contribution in [2.45, 2.75) is 19.1 Å². The average Bonchev–Trinajstić information content (AvgIpc) is 2.40. The van der Waals surface area contributed by atoms with E-state index in [9.17, 15) is 17.6 Å². The van der Waals surface area contributed by atoms with E-state index < -0.39 is 29.3 Å². The van der Waals surface area contributed by atoms with Gasteiger partial charge in [-0.25, -0.2) is 4.39 Å². The molecule has 0 amide bonds. The Morgan fingerprint density at radius 1 is 1.05 bits per heavy atom. The fourth-order valence-electron chi connectivity index (χ4n) is 1.89. The molecule has 0 aliphatic heterocycles. The van der Waals surface area contributed by atoms with Crippen LogP contribution in [0.1, 0.15) is 24.1 Å². The van der Waals surface area contributed by atoms with Crippen LogP contribution in [0.4, 0.5) is 17.6 Å². The number of rotatable bonds is 3. The molecule has 0 radical (unpaired) electrons. The molecule has 0 spiro atoms. The molecule has 0 heterocycles. The Balaban J connectivity index is 2.49. The van der Waals surface area contributed by atoms with Gasteiger partial charge in [0.15, 0.2) is 11.6 Å². The summed E-state index contributed by atoms with van der Waals surface area (Å²) in [5.74, 6) is -1.51. The Bertz CT molecular complexity index is 638. The Kier molecular flexibility index (Phi) is 4.18. The lowest BCUT2D eigenvalue weighted by Crippen LogP contribution is -2.10. The van der Waals surface area contributed by atoms with Gasteiger partial charge in [0.25, 0.3) is 0 Å². The molecule has 21 heavy (non-hydrogen) atoms. The summed E-state index contributed by atoms with van der Waals surface area (Å²) < 4.78 is 57.8. The van der Waals surface area contributed by atoms with Crippen molar-refractivity contribution in [2.75, 3.05) is 0 Å². The van der Waals surface area contributed by atoms with Crippen LogP contribution in [0.5, 0.6) is 11.5 Å². The normalized spacial score (nSPS) is 13.0. The van der Waals surface area contributed by atoms with Crippen molar-refractivity contribution in [2.24, 2.45) is 5.73 Å². The summed E-state index contributed by atoms with van der Waals surface area (Å²) in [6.45, 7) is 1.59. The predicted octanol–water partition coefficient (Wildman–Crippen LogP) is 4.66. The van der Waals surface area contributed by atoms with Gasteiger partial charge in [0.1, 0.15) is 5.75 Å². The Morgan fingerprint density at radius 3 is 2.33 bits per heavy atom. The molecule has 0 bridgehead atoms. The smallest absolute Gasteiger partial charge is 0.419 e. The first-order valence-electron chi connectivity index (χ1n) is 6.18. The summed E-state index contributed by atoms with van der Waals surface area (Å²) in [6.07, 6.45) is -4.59. The summed E-state index contributed by atoms with van der Waals surface area (Å²) in [5, 5.41) is 0. The molecule has 2 N–H and O–H groups in total. The topological polar surface area (TPSA) is 35.2 Å². The van der Waals surface area contributed by atoms with Crippen LogP contribution >= 0.6 is 0 Å². The minimum atomic E-state index is -4.59. The van der Waals surface area contributed by atoms with Gasteiger partial charge in [-0.1, -0.05) is 24.3 Å². The zero-order valence-electron chi connectivity index (χ0n) is 11.1. The van der Waals surface area contributed by atoms with Crippen LogP contribution in [0.3, 0.4) is 0 Å². The van der Waals surface area contributed by atoms with Gasteiger partial charge in [-0.2, -0.15) is 13.2 Å². The standard InChI is InChI=1S/C15H13F4NO/c1-9(20)10-5-4-7-12(16)14(10)21-13-8-3-2-6-11(13)15(17,18)19/h2-9H,20H2,1H3/t9-/m1/s1. The van der Waals surface area contributed by atoms with Crippen molar-refractivity contribution in [3.63, 3.8) is 0 Å². The van der Waals surface area contributed by atoms with Gasteiger partial charge < -0.3 is 10.5 Å². The first kappa shape index (κ1) is 15.3. The van der Waals surface area contributed by atoms with Crippen LogP contribution < -0.4 is 10.5 Å². The van der Waals surface area contributed by atoms with Gasteiger partial charge in [-0.3, -0.25) is 0 Å². The monoisotopic (exact) mass is 299 g/mol. The molecule has 2 nitrogen and oxygen atoms in total. The van der Waals surface area contributed by atoms with Gasteiger partial charge >= 0.3 is 6.18 Å². The predicted molar refractivity (Wildman–Crippen MR) is 70.5 cm³/mol. The number of nitrogens with two attached hydrogens (primary N) is 1. The largest absolute Gasteiger partial charge is 0.453 e. The first-order valence-corrected chi connectivity index (χ1v) is 6.18. The van der Waals surface area contributed by atoms with Crippen molar-refractivity contribution in [3.8, 4) is 11.5 Å². The van der Waals surface area contributed by atoms with Gasteiger partial charge in [-0.05, 0) is 25.1 Å². The molecule has 0 fully saturated rings. The molecule has 112 valence electrons. The van der Waals surface area contributed by atoms with E-state index >= 15 is 0 Å². The number of halogens is 4. The van der Waals surface area contributed by atoms with Crippen LogP contribution in [0, 0.1) is 5.82 Å². The van der Waals surface area contributed by atoms with E-state index in [1.807, 2.05) is 0 Å². The third kappa shape index (κ3) is 3.33. The number of hydrogen-bond donors (Lipinski definition) is 1. The maximum atomic E-state index is 13.9. The number of ether oxygens (including phenoxy) is 1. The van der Waals surface area contributed by atoms with Crippen molar-refractivity contribution < 1.29 is 22.3 Å².